The SMILES string of the molecule is Cc1ccc(-c2cc3c(=O)n(CCNC(=O)c4ccccn4)ccn3n2)cc1C. The minimum atomic E-state index is -0.263. The van der Waals surface area contributed by atoms with Crippen molar-refractivity contribution in [3.63, 3.8) is 0 Å². The topological polar surface area (TPSA) is 81.3 Å². The monoisotopic (exact) mass is 387 g/mol. The van der Waals surface area contributed by atoms with Crippen LogP contribution in [0.15, 0.2) is 65.8 Å². The number of rotatable bonds is 5. The van der Waals surface area contributed by atoms with E-state index < -0.39 is 0 Å². The maximum atomic E-state index is 12.8. The second-order valence-electron chi connectivity index (χ2n) is 6.93. The number of fused-ring (bicyclic) bond motifs is 1. The summed E-state index contributed by atoms with van der Waals surface area (Å²) in [7, 11) is 0. The molecule has 0 spiro atoms. The summed E-state index contributed by atoms with van der Waals surface area (Å²) in [6.45, 7) is 4.80. The van der Waals surface area contributed by atoms with Crippen LogP contribution in [-0.2, 0) is 6.54 Å². The molecule has 0 aliphatic rings. The summed E-state index contributed by atoms with van der Waals surface area (Å²) in [6, 6.07) is 13.1. The van der Waals surface area contributed by atoms with Crippen LogP contribution in [0, 0.1) is 13.8 Å². The van der Waals surface area contributed by atoms with Gasteiger partial charge in [0.1, 0.15) is 11.2 Å². The summed E-state index contributed by atoms with van der Waals surface area (Å²) in [5.74, 6) is -0.263. The molecule has 0 bridgehead atoms. The number of benzene rings is 1. The van der Waals surface area contributed by atoms with Crippen molar-refractivity contribution in [3.8, 4) is 11.3 Å². The predicted octanol–water partition coefficient (Wildman–Crippen LogP) is 2.60. The zero-order valence-corrected chi connectivity index (χ0v) is 16.3. The molecule has 3 aromatic heterocycles. The fraction of sp³-hybridized carbons (Fsp3) is 0.182. The van der Waals surface area contributed by atoms with Crippen LogP contribution in [0.25, 0.3) is 16.8 Å². The summed E-state index contributed by atoms with van der Waals surface area (Å²) < 4.78 is 3.16. The Bertz CT molecular complexity index is 1240. The van der Waals surface area contributed by atoms with E-state index in [0.717, 1.165) is 11.3 Å². The van der Waals surface area contributed by atoms with Crippen molar-refractivity contribution >= 4 is 11.4 Å². The van der Waals surface area contributed by atoms with Crippen LogP contribution in [0.2, 0.25) is 0 Å². The zero-order chi connectivity index (χ0) is 20.4. The second kappa shape index (κ2) is 7.71. The molecule has 1 N–H and O–H groups in total. The lowest BCUT2D eigenvalue weighted by Crippen LogP contribution is -2.31. The lowest BCUT2D eigenvalue weighted by molar-refractivity contribution is 0.0947. The molecular weight excluding hydrogens is 366 g/mol. The molecule has 1 amide bonds. The average molecular weight is 387 g/mol. The van der Waals surface area contributed by atoms with Gasteiger partial charge in [-0.2, -0.15) is 5.10 Å². The van der Waals surface area contributed by atoms with E-state index in [1.54, 1.807) is 51.9 Å². The van der Waals surface area contributed by atoms with E-state index in [9.17, 15) is 9.59 Å². The number of aryl methyl sites for hydroxylation is 2. The third-order valence-electron chi connectivity index (χ3n) is 4.94. The quantitative estimate of drug-likeness (QED) is 0.571. The minimum Gasteiger partial charge on any atom is -0.349 e. The molecule has 0 saturated carbocycles. The molecule has 29 heavy (non-hydrogen) atoms. The Morgan fingerprint density at radius 2 is 1.93 bits per heavy atom. The summed E-state index contributed by atoms with van der Waals surface area (Å²) in [5, 5.41) is 7.31. The van der Waals surface area contributed by atoms with Gasteiger partial charge in [0.05, 0.1) is 5.69 Å². The first-order valence-electron chi connectivity index (χ1n) is 9.38. The Hall–Kier alpha value is -3.74. The molecule has 0 atom stereocenters. The number of nitrogens with one attached hydrogen (secondary N) is 1. The fourth-order valence-electron chi connectivity index (χ4n) is 3.12. The highest BCUT2D eigenvalue weighted by atomic mass is 16.2. The Labute approximate surface area is 167 Å². The molecule has 0 radical (unpaired) electrons. The number of aromatic nitrogens is 4. The summed E-state index contributed by atoms with van der Waals surface area (Å²) in [4.78, 5) is 28.9. The Balaban J connectivity index is 1.52. The first-order chi connectivity index (χ1) is 14.0. The third-order valence-corrected chi connectivity index (χ3v) is 4.94. The van der Waals surface area contributed by atoms with Crippen molar-refractivity contribution < 1.29 is 4.79 Å². The fourth-order valence-corrected chi connectivity index (χ4v) is 3.12. The largest absolute Gasteiger partial charge is 0.349 e. The Morgan fingerprint density at radius 3 is 2.69 bits per heavy atom. The highest BCUT2D eigenvalue weighted by molar-refractivity contribution is 5.92. The van der Waals surface area contributed by atoms with E-state index in [4.69, 9.17) is 0 Å². The number of carbonyl (C=O) groups is 1. The van der Waals surface area contributed by atoms with Crippen LogP contribution < -0.4 is 10.9 Å². The highest BCUT2D eigenvalue weighted by Crippen LogP contribution is 2.21. The van der Waals surface area contributed by atoms with Gasteiger partial charge in [0, 0.05) is 37.2 Å². The van der Waals surface area contributed by atoms with Crippen LogP contribution in [0.3, 0.4) is 0 Å². The lowest BCUT2D eigenvalue weighted by Gasteiger charge is -2.07. The maximum absolute atomic E-state index is 12.8. The highest BCUT2D eigenvalue weighted by Gasteiger charge is 2.11. The van der Waals surface area contributed by atoms with E-state index in [1.165, 1.54) is 11.1 Å². The molecule has 4 aromatic rings. The zero-order valence-electron chi connectivity index (χ0n) is 16.3. The molecule has 3 heterocycles. The van der Waals surface area contributed by atoms with Crippen molar-refractivity contribution in [1.29, 1.82) is 0 Å². The molecule has 0 saturated heterocycles. The summed E-state index contributed by atoms with van der Waals surface area (Å²) >= 11 is 0. The molecule has 4 rings (SSSR count). The van der Waals surface area contributed by atoms with Crippen molar-refractivity contribution in [2.45, 2.75) is 20.4 Å². The normalized spacial score (nSPS) is 11.0. The number of hydrogen-bond donors (Lipinski definition) is 1. The lowest BCUT2D eigenvalue weighted by atomic mass is 10.0. The summed E-state index contributed by atoms with van der Waals surface area (Å²) in [6.07, 6.45) is 5.00. The molecular formula is C22H21N5O2. The van der Waals surface area contributed by atoms with E-state index in [1.807, 2.05) is 6.07 Å². The first kappa shape index (κ1) is 18.6. The van der Waals surface area contributed by atoms with E-state index in [-0.39, 0.29) is 11.5 Å². The molecule has 1 aromatic carbocycles. The number of hydrogen-bond acceptors (Lipinski definition) is 4. The molecule has 0 unspecified atom stereocenters. The van der Waals surface area contributed by atoms with Crippen LogP contribution in [-0.4, -0.2) is 31.6 Å². The predicted molar refractivity (Wildman–Crippen MR) is 111 cm³/mol. The molecule has 146 valence electrons. The number of carbonyl (C=O) groups excluding carboxylic acids is 1. The number of nitrogens with zero attached hydrogens (tertiary/aromatic N) is 4. The number of pyridine rings is 1. The van der Waals surface area contributed by atoms with E-state index in [2.05, 4.69) is 41.4 Å². The van der Waals surface area contributed by atoms with Gasteiger partial charge in [-0.05, 0) is 49.2 Å². The standard InChI is InChI=1S/C22H21N5O2/c1-15-6-7-17(13-16(15)2)19-14-20-22(29)26(11-12-27(20)25-19)10-9-24-21(28)18-5-3-4-8-23-18/h3-8,11-14H,9-10H2,1-2H3,(H,24,28). The Morgan fingerprint density at radius 1 is 1.07 bits per heavy atom. The smallest absolute Gasteiger partial charge is 0.276 e. The molecule has 0 fully saturated rings. The minimum absolute atomic E-state index is 0.151. The summed E-state index contributed by atoms with van der Waals surface area (Å²) in [5.41, 5.74) is 4.83. The second-order valence-corrected chi connectivity index (χ2v) is 6.93. The van der Waals surface area contributed by atoms with Gasteiger partial charge in [0.15, 0.2) is 0 Å². The van der Waals surface area contributed by atoms with Crippen molar-refractivity contribution in [3.05, 3.63) is 88.2 Å². The van der Waals surface area contributed by atoms with Gasteiger partial charge in [-0.15, -0.1) is 0 Å². The molecule has 7 heteroatoms. The van der Waals surface area contributed by atoms with E-state index >= 15 is 0 Å². The first-order valence-corrected chi connectivity index (χ1v) is 9.38. The molecule has 0 aliphatic carbocycles. The van der Waals surface area contributed by atoms with Crippen molar-refractivity contribution in [2.75, 3.05) is 6.54 Å². The van der Waals surface area contributed by atoms with Gasteiger partial charge in [0.25, 0.3) is 11.5 Å². The van der Waals surface area contributed by atoms with Crippen LogP contribution in [0.5, 0.6) is 0 Å². The third kappa shape index (κ3) is 3.80. The molecule has 7 nitrogen and oxygen atoms in total. The van der Waals surface area contributed by atoms with Gasteiger partial charge in [0.2, 0.25) is 0 Å². The van der Waals surface area contributed by atoms with Crippen molar-refractivity contribution in [2.24, 2.45) is 0 Å². The number of amides is 1. The van der Waals surface area contributed by atoms with Gasteiger partial charge < -0.3 is 9.88 Å². The van der Waals surface area contributed by atoms with Crippen LogP contribution in [0.1, 0.15) is 21.6 Å². The molecule has 0 aliphatic heterocycles. The maximum Gasteiger partial charge on any atom is 0.276 e. The van der Waals surface area contributed by atoms with Crippen LogP contribution >= 0.6 is 0 Å². The van der Waals surface area contributed by atoms with Crippen molar-refractivity contribution in [1.82, 2.24) is 24.5 Å². The van der Waals surface area contributed by atoms with Gasteiger partial charge >= 0.3 is 0 Å². The van der Waals surface area contributed by atoms with E-state index in [0.29, 0.717) is 24.3 Å². The van der Waals surface area contributed by atoms with Gasteiger partial charge in [-0.1, -0.05) is 18.2 Å². The average Bonchev–Trinajstić information content (AvgIpc) is 3.17. The van der Waals surface area contributed by atoms with Gasteiger partial charge in [-0.25, -0.2) is 4.52 Å². The van der Waals surface area contributed by atoms with Crippen LogP contribution in [0.4, 0.5) is 0 Å². The van der Waals surface area contributed by atoms with Gasteiger partial charge in [-0.3, -0.25) is 14.6 Å². The Kier molecular flexibility index (Phi) is 4.95.